The first kappa shape index (κ1) is 16.6. The number of rotatable bonds is 1. The molecule has 0 unspecified atom stereocenters. The molecule has 0 saturated heterocycles. The highest BCUT2D eigenvalue weighted by atomic mass is 79.9. The van der Waals surface area contributed by atoms with E-state index < -0.39 is 11.7 Å². The van der Waals surface area contributed by atoms with E-state index in [1.807, 2.05) is 0 Å². The Morgan fingerprint density at radius 3 is 2.23 bits per heavy atom. The fourth-order valence-corrected chi connectivity index (χ4v) is 4.69. The van der Waals surface area contributed by atoms with Gasteiger partial charge in [0.15, 0.2) is 0 Å². The molecule has 0 atom stereocenters. The molecule has 2 heterocycles. The van der Waals surface area contributed by atoms with Crippen molar-refractivity contribution in [2.45, 2.75) is 6.18 Å². The molecule has 0 aliphatic heterocycles. The normalized spacial score (nSPS) is 12.3. The van der Waals surface area contributed by atoms with E-state index in [1.54, 1.807) is 6.20 Å². The number of hydrogen-bond donors (Lipinski definition) is 0. The van der Waals surface area contributed by atoms with Crippen LogP contribution in [-0.2, 0) is 6.18 Å². The maximum absolute atomic E-state index is 12.7. The molecule has 10 heteroatoms. The van der Waals surface area contributed by atoms with Crippen LogP contribution in [0.4, 0.5) is 13.2 Å². The Balaban J connectivity index is 2.18. The van der Waals surface area contributed by atoms with E-state index in [9.17, 15) is 13.2 Å². The van der Waals surface area contributed by atoms with Gasteiger partial charge in [0.05, 0.1) is 28.6 Å². The topological polar surface area (TPSA) is 17.8 Å². The lowest BCUT2D eigenvalue weighted by Gasteiger charge is -2.12. The van der Waals surface area contributed by atoms with Crippen molar-refractivity contribution in [3.8, 4) is 5.69 Å². The molecule has 0 spiro atoms. The van der Waals surface area contributed by atoms with Crippen LogP contribution in [-0.4, -0.2) is 9.78 Å². The van der Waals surface area contributed by atoms with E-state index >= 15 is 0 Å². The van der Waals surface area contributed by atoms with Crippen LogP contribution in [0.25, 0.3) is 15.9 Å². The zero-order chi connectivity index (χ0) is 16.2. The maximum Gasteiger partial charge on any atom is 0.416 e. The second-order valence-corrected chi connectivity index (χ2v) is 8.24. The summed E-state index contributed by atoms with van der Waals surface area (Å²) in [5.74, 6) is 0. The van der Waals surface area contributed by atoms with Gasteiger partial charge in [-0.2, -0.15) is 18.3 Å². The predicted molar refractivity (Wildman–Crippen MR) is 89.4 cm³/mol. The molecule has 3 aromatic rings. The van der Waals surface area contributed by atoms with Gasteiger partial charge in [0.2, 0.25) is 0 Å². The van der Waals surface area contributed by atoms with Crippen LogP contribution in [0.2, 0.25) is 10.0 Å². The molecule has 0 radical (unpaired) electrons. The number of benzene rings is 1. The van der Waals surface area contributed by atoms with Crippen molar-refractivity contribution in [2.24, 2.45) is 0 Å². The standard InChI is InChI=1S/C12H3Br2Cl2F3N2S/c13-8-9-7(22-11(8)14)3-21(20-9)10-5(15)1-4(2-6(10)16)12(17,18)19/h1-3H. The summed E-state index contributed by atoms with van der Waals surface area (Å²) in [7, 11) is 0. The van der Waals surface area contributed by atoms with Crippen molar-refractivity contribution in [3.63, 3.8) is 0 Å². The second-order valence-electron chi connectivity index (χ2n) is 4.26. The lowest BCUT2D eigenvalue weighted by atomic mass is 10.2. The molecule has 22 heavy (non-hydrogen) atoms. The van der Waals surface area contributed by atoms with E-state index in [0.717, 1.165) is 25.1 Å². The molecule has 0 bridgehead atoms. The lowest BCUT2D eigenvalue weighted by Crippen LogP contribution is -2.06. The fourth-order valence-electron chi connectivity index (χ4n) is 1.88. The van der Waals surface area contributed by atoms with Gasteiger partial charge in [0.25, 0.3) is 0 Å². The highest BCUT2D eigenvalue weighted by molar-refractivity contribution is 9.13. The summed E-state index contributed by atoms with van der Waals surface area (Å²) in [6.07, 6.45) is -2.85. The van der Waals surface area contributed by atoms with Crippen LogP contribution in [0.15, 0.2) is 26.6 Å². The van der Waals surface area contributed by atoms with Gasteiger partial charge in [-0.1, -0.05) is 23.2 Å². The number of hydrogen-bond acceptors (Lipinski definition) is 2. The smallest absolute Gasteiger partial charge is 0.236 e. The minimum atomic E-state index is -4.51. The fraction of sp³-hybridized carbons (Fsp3) is 0.0833. The number of thiophene rings is 1. The molecule has 0 amide bonds. The Morgan fingerprint density at radius 1 is 1.14 bits per heavy atom. The molecule has 1 aromatic carbocycles. The van der Waals surface area contributed by atoms with E-state index in [2.05, 4.69) is 37.0 Å². The van der Waals surface area contributed by atoms with Crippen LogP contribution in [0.3, 0.4) is 0 Å². The lowest BCUT2D eigenvalue weighted by molar-refractivity contribution is -0.137. The highest BCUT2D eigenvalue weighted by Crippen LogP contribution is 2.41. The van der Waals surface area contributed by atoms with Gasteiger partial charge in [-0.15, -0.1) is 11.3 Å². The first-order valence-corrected chi connectivity index (χ1v) is 8.74. The van der Waals surface area contributed by atoms with Gasteiger partial charge in [-0.05, 0) is 44.0 Å². The first-order chi connectivity index (χ1) is 10.2. The summed E-state index contributed by atoms with van der Waals surface area (Å²) < 4.78 is 42.1. The van der Waals surface area contributed by atoms with Crippen molar-refractivity contribution in [1.82, 2.24) is 9.78 Å². The number of nitrogens with zero attached hydrogens (tertiary/aromatic N) is 2. The summed E-state index contributed by atoms with van der Waals surface area (Å²) in [5.41, 5.74) is -0.0178. The molecule has 3 rings (SSSR count). The summed E-state index contributed by atoms with van der Waals surface area (Å²) >= 11 is 20.1. The molecule has 0 N–H and O–H groups in total. The number of alkyl halides is 3. The summed E-state index contributed by atoms with van der Waals surface area (Å²) in [5, 5.41) is 4.08. The number of halogens is 7. The van der Waals surface area contributed by atoms with Gasteiger partial charge in [0, 0.05) is 6.20 Å². The quantitative estimate of drug-likeness (QED) is 0.358. The Morgan fingerprint density at radius 2 is 1.73 bits per heavy atom. The summed E-state index contributed by atoms with van der Waals surface area (Å²) in [6.45, 7) is 0. The van der Waals surface area contributed by atoms with Crippen LogP contribution in [0.1, 0.15) is 5.56 Å². The molecular weight excluding hydrogens is 492 g/mol. The van der Waals surface area contributed by atoms with Gasteiger partial charge >= 0.3 is 6.18 Å². The second kappa shape index (κ2) is 5.66. The van der Waals surface area contributed by atoms with Crippen LogP contribution >= 0.6 is 66.4 Å². The van der Waals surface area contributed by atoms with Gasteiger partial charge < -0.3 is 0 Å². The molecule has 0 fully saturated rings. The van der Waals surface area contributed by atoms with Gasteiger partial charge in [-0.3, -0.25) is 0 Å². The first-order valence-electron chi connectivity index (χ1n) is 5.58. The zero-order valence-electron chi connectivity index (χ0n) is 10.2. The molecule has 0 aliphatic rings. The Labute approximate surface area is 153 Å². The third-order valence-electron chi connectivity index (χ3n) is 2.83. The van der Waals surface area contributed by atoms with Crippen molar-refractivity contribution in [2.75, 3.05) is 0 Å². The third-order valence-corrected chi connectivity index (χ3v) is 6.76. The summed E-state index contributed by atoms with van der Waals surface area (Å²) in [4.78, 5) is 0. The van der Waals surface area contributed by atoms with Crippen molar-refractivity contribution >= 4 is 76.6 Å². The number of aromatic nitrogens is 2. The average molecular weight is 495 g/mol. The Hall–Kier alpha value is -0.280. The minimum Gasteiger partial charge on any atom is -0.236 e. The van der Waals surface area contributed by atoms with E-state index in [0.29, 0.717) is 5.52 Å². The van der Waals surface area contributed by atoms with Crippen molar-refractivity contribution in [3.05, 3.63) is 42.2 Å². The van der Waals surface area contributed by atoms with Crippen molar-refractivity contribution < 1.29 is 13.2 Å². The molecule has 0 aliphatic carbocycles. The van der Waals surface area contributed by atoms with Crippen LogP contribution < -0.4 is 0 Å². The Bertz CT molecular complexity index is 865. The summed E-state index contributed by atoms with van der Waals surface area (Å²) in [6, 6.07) is 1.67. The zero-order valence-corrected chi connectivity index (χ0v) is 15.7. The molecular formula is C12H3Br2Cl2F3N2S. The van der Waals surface area contributed by atoms with Crippen molar-refractivity contribution in [1.29, 1.82) is 0 Å². The van der Waals surface area contributed by atoms with E-state index in [4.69, 9.17) is 23.2 Å². The highest BCUT2D eigenvalue weighted by Gasteiger charge is 2.32. The molecule has 0 saturated carbocycles. The minimum absolute atomic E-state index is 0.120. The van der Waals surface area contributed by atoms with Crippen LogP contribution in [0.5, 0.6) is 0 Å². The SMILES string of the molecule is FC(F)(F)c1cc(Cl)c(-n2cc3sc(Br)c(Br)c3n2)c(Cl)c1. The van der Waals surface area contributed by atoms with E-state index in [-0.39, 0.29) is 15.7 Å². The molecule has 2 aromatic heterocycles. The predicted octanol–water partition coefficient (Wildman–Crippen LogP) is 6.94. The largest absolute Gasteiger partial charge is 0.416 e. The average Bonchev–Trinajstić information content (AvgIpc) is 2.89. The Kier molecular flexibility index (Phi) is 4.27. The van der Waals surface area contributed by atoms with E-state index in [1.165, 1.54) is 16.0 Å². The molecule has 116 valence electrons. The maximum atomic E-state index is 12.7. The monoisotopic (exact) mass is 492 g/mol. The van der Waals surface area contributed by atoms with Gasteiger partial charge in [-0.25, -0.2) is 4.68 Å². The number of fused-ring (bicyclic) bond motifs is 1. The van der Waals surface area contributed by atoms with Gasteiger partial charge in [0.1, 0.15) is 11.2 Å². The van der Waals surface area contributed by atoms with Crippen LogP contribution in [0, 0.1) is 0 Å². The third kappa shape index (κ3) is 2.80. The molecule has 2 nitrogen and oxygen atoms in total.